The molecular formula is C12H21N5O. The molecule has 0 aliphatic heterocycles. The molecule has 1 heterocycles. The van der Waals surface area contributed by atoms with Gasteiger partial charge in [0.25, 0.3) is 0 Å². The van der Waals surface area contributed by atoms with E-state index in [1.165, 1.54) is 0 Å². The number of rotatable bonds is 4. The second-order valence-corrected chi connectivity index (χ2v) is 5.10. The Morgan fingerprint density at radius 2 is 2.06 bits per heavy atom. The van der Waals surface area contributed by atoms with Crippen molar-refractivity contribution in [3.63, 3.8) is 0 Å². The first-order valence-electron chi connectivity index (χ1n) is 5.98. The van der Waals surface area contributed by atoms with E-state index in [-0.39, 0.29) is 18.0 Å². The van der Waals surface area contributed by atoms with E-state index in [9.17, 15) is 4.79 Å². The van der Waals surface area contributed by atoms with Crippen molar-refractivity contribution in [2.75, 3.05) is 17.6 Å². The summed E-state index contributed by atoms with van der Waals surface area (Å²) in [5.41, 5.74) is 5.41. The smallest absolute Gasteiger partial charge is 0.239 e. The molecular weight excluding hydrogens is 230 g/mol. The predicted molar refractivity (Wildman–Crippen MR) is 72.2 cm³/mol. The highest BCUT2D eigenvalue weighted by Gasteiger charge is 2.13. The third-order valence-corrected chi connectivity index (χ3v) is 2.05. The minimum absolute atomic E-state index is 0.0854. The van der Waals surface area contributed by atoms with Gasteiger partial charge in [-0.3, -0.25) is 4.79 Å². The Hall–Kier alpha value is -1.85. The van der Waals surface area contributed by atoms with E-state index in [2.05, 4.69) is 20.6 Å². The van der Waals surface area contributed by atoms with Gasteiger partial charge in [-0.05, 0) is 20.8 Å². The van der Waals surface area contributed by atoms with Crippen LogP contribution in [0.15, 0.2) is 6.07 Å². The topological polar surface area (TPSA) is 92.9 Å². The number of amides is 1. The van der Waals surface area contributed by atoms with E-state index in [1.54, 1.807) is 6.07 Å². The number of hydrogen-bond donors (Lipinski definition) is 3. The van der Waals surface area contributed by atoms with Gasteiger partial charge in [-0.2, -0.15) is 0 Å². The van der Waals surface area contributed by atoms with Crippen LogP contribution < -0.4 is 16.4 Å². The molecule has 0 fully saturated rings. The number of nitrogens with one attached hydrogen (secondary N) is 2. The summed E-state index contributed by atoms with van der Waals surface area (Å²) in [6, 6.07) is 1.61. The van der Waals surface area contributed by atoms with Gasteiger partial charge in [0.1, 0.15) is 17.5 Å². The molecule has 0 aromatic carbocycles. The number of nitrogens with zero attached hydrogens (tertiary/aromatic N) is 2. The van der Waals surface area contributed by atoms with Gasteiger partial charge < -0.3 is 16.4 Å². The fourth-order valence-corrected chi connectivity index (χ4v) is 1.40. The molecule has 4 N–H and O–H groups in total. The molecule has 0 aliphatic rings. The molecule has 1 amide bonds. The summed E-state index contributed by atoms with van der Waals surface area (Å²) in [5.74, 6) is 1.55. The second-order valence-electron chi connectivity index (χ2n) is 5.10. The number of nitrogens with two attached hydrogens (primary N) is 1. The minimum Gasteiger partial charge on any atom is -0.384 e. The number of carbonyl (C=O) groups is 1. The Morgan fingerprint density at radius 3 is 2.61 bits per heavy atom. The van der Waals surface area contributed by atoms with Crippen molar-refractivity contribution < 1.29 is 4.79 Å². The Kier molecular flexibility index (Phi) is 4.47. The summed E-state index contributed by atoms with van der Waals surface area (Å²) in [6.45, 7) is 7.91. The predicted octanol–water partition coefficient (Wildman–Crippen LogP) is 0.948. The first-order chi connectivity index (χ1) is 8.30. The number of aryl methyl sites for hydroxylation is 1. The van der Waals surface area contributed by atoms with Gasteiger partial charge in [-0.15, -0.1) is 0 Å². The van der Waals surface area contributed by atoms with Crippen molar-refractivity contribution in [2.45, 2.75) is 39.7 Å². The lowest BCUT2D eigenvalue weighted by atomic mass is 10.1. The van der Waals surface area contributed by atoms with Crippen molar-refractivity contribution in [1.29, 1.82) is 0 Å². The van der Waals surface area contributed by atoms with E-state index in [1.807, 2.05) is 27.7 Å². The summed E-state index contributed by atoms with van der Waals surface area (Å²) in [6.07, 6.45) is 0.702. The summed E-state index contributed by atoms with van der Waals surface area (Å²) in [4.78, 5) is 19.9. The molecule has 0 radical (unpaired) electrons. The molecule has 0 unspecified atom stereocenters. The molecule has 0 saturated heterocycles. The normalized spacial score (nSPS) is 11.1. The fourth-order valence-electron chi connectivity index (χ4n) is 1.40. The van der Waals surface area contributed by atoms with E-state index in [0.29, 0.717) is 23.9 Å². The third kappa shape index (κ3) is 4.99. The fraction of sp³-hybridized carbons (Fsp3) is 0.583. The Bertz CT molecular complexity index is 425. The molecule has 0 saturated carbocycles. The van der Waals surface area contributed by atoms with Crippen molar-refractivity contribution >= 4 is 17.5 Å². The lowest BCUT2D eigenvalue weighted by Gasteiger charge is -2.20. The molecule has 1 rings (SSSR count). The standard InChI is InChI=1S/C12H21N5O/c1-5-9-15-8(13)6-10(16-9)14-7-11(18)17-12(2,3)4/h6H,5,7H2,1-4H3,(H,17,18)(H3,13,14,15,16). The van der Waals surface area contributed by atoms with Crippen LogP contribution in [0, 0.1) is 0 Å². The summed E-state index contributed by atoms with van der Waals surface area (Å²) in [7, 11) is 0. The Morgan fingerprint density at radius 1 is 1.39 bits per heavy atom. The maximum Gasteiger partial charge on any atom is 0.239 e. The number of aromatic nitrogens is 2. The molecule has 100 valence electrons. The van der Waals surface area contributed by atoms with Crippen LogP contribution in [0.25, 0.3) is 0 Å². The van der Waals surface area contributed by atoms with E-state index in [0.717, 1.165) is 0 Å². The van der Waals surface area contributed by atoms with Crippen LogP contribution in [0.3, 0.4) is 0 Å². The highest BCUT2D eigenvalue weighted by atomic mass is 16.2. The number of nitrogen functional groups attached to an aromatic ring is 1. The zero-order valence-corrected chi connectivity index (χ0v) is 11.4. The summed E-state index contributed by atoms with van der Waals surface area (Å²) < 4.78 is 0. The quantitative estimate of drug-likeness (QED) is 0.740. The monoisotopic (exact) mass is 251 g/mol. The molecule has 6 nitrogen and oxygen atoms in total. The van der Waals surface area contributed by atoms with Crippen LogP contribution in [0.1, 0.15) is 33.5 Å². The average molecular weight is 251 g/mol. The first-order valence-corrected chi connectivity index (χ1v) is 5.98. The molecule has 0 atom stereocenters. The van der Waals surface area contributed by atoms with Crippen LogP contribution in [-0.2, 0) is 11.2 Å². The Labute approximate surface area is 107 Å². The second kappa shape index (κ2) is 5.66. The molecule has 18 heavy (non-hydrogen) atoms. The highest BCUT2D eigenvalue weighted by Crippen LogP contribution is 2.08. The van der Waals surface area contributed by atoms with E-state index >= 15 is 0 Å². The first kappa shape index (κ1) is 14.2. The van der Waals surface area contributed by atoms with Gasteiger partial charge in [-0.25, -0.2) is 9.97 Å². The van der Waals surface area contributed by atoms with Crippen molar-refractivity contribution in [2.24, 2.45) is 0 Å². The van der Waals surface area contributed by atoms with Crippen LogP contribution in [0.4, 0.5) is 11.6 Å². The van der Waals surface area contributed by atoms with Gasteiger partial charge in [0.05, 0.1) is 6.54 Å². The van der Waals surface area contributed by atoms with Gasteiger partial charge in [0, 0.05) is 18.0 Å². The van der Waals surface area contributed by atoms with E-state index < -0.39 is 0 Å². The van der Waals surface area contributed by atoms with Crippen LogP contribution in [0.2, 0.25) is 0 Å². The van der Waals surface area contributed by atoms with Gasteiger partial charge in [-0.1, -0.05) is 6.92 Å². The van der Waals surface area contributed by atoms with Gasteiger partial charge in [0.15, 0.2) is 0 Å². The minimum atomic E-state index is -0.238. The lowest BCUT2D eigenvalue weighted by Crippen LogP contribution is -2.43. The molecule has 0 aliphatic carbocycles. The highest BCUT2D eigenvalue weighted by molar-refractivity contribution is 5.81. The van der Waals surface area contributed by atoms with Crippen LogP contribution in [0.5, 0.6) is 0 Å². The van der Waals surface area contributed by atoms with Crippen LogP contribution >= 0.6 is 0 Å². The van der Waals surface area contributed by atoms with E-state index in [4.69, 9.17) is 5.73 Å². The largest absolute Gasteiger partial charge is 0.384 e. The number of anilines is 2. The molecule has 0 spiro atoms. The molecule has 6 heteroatoms. The van der Waals surface area contributed by atoms with Crippen LogP contribution in [-0.4, -0.2) is 28.0 Å². The number of carbonyl (C=O) groups excluding carboxylic acids is 1. The maximum absolute atomic E-state index is 11.6. The average Bonchev–Trinajstić information content (AvgIpc) is 2.23. The van der Waals surface area contributed by atoms with Gasteiger partial charge >= 0.3 is 0 Å². The molecule has 1 aromatic rings. The zero-order valence-electron chi connectivity index (χ0n) is 11.4. The van der Waals surface area contributed by atoms with Gasteiger partial charge in [0.2, 0.25) is 5.91 Å². The van der Waals surface area contributed by atoms with Crippen molar-refractivity contribution in [3.05, 3.63) is 11.9 Å². The van der Waals surface area contributed by atoms with Crippen molar-refractivity contribution in [1.82, 2.24) is 15.3 Å². The Balaban J connectivity index is 2.58. The molecule has 0 bridgehead atoms. The summed E-state index contributed by atoms with van der Waals surface area (Å²) in [5, 5.41) is 5.80. The van der Waals surface area contributed by atoms with Crippen molar-refractivity contribution in [3.8, 4) is 0 Å². The summed E-state index contributed by atoms with van der Waals surface area (Å²) >= 11 is 0. The molecule has 1 aromatic heterocycles. The SMILES string of the molecule is CCc1nc(N)cc(NCC(=O)NC(C)(C)C)n1. The number of hydrogen-bond acceptors (Lipinski definition) is 5. The third-order valence-electron chi connectivity index (χ3n) is 2.05. The lowest BCUT2D eigenvalue weighted by molar-refractivity contribution is -0.120. The zero-order chi connectivity index (χ0) is 13.8. The maximum atomic E-state index is 11.6.